The molecule has 2 rings (SSSR count). The zero-order chi connectivity index (χ0) is 24.4. The predicted molar refractivity (Wildman–Crippen MR) is 132 cm³/mol. The minimum Gasteiger partial charge on any atom is -0.330 e. The molecule has 1 fully saturated rings. The second kappa shape index (κ2) is 13.3. The first-order valence-electron chi connectivity index (χ1n) is 12.2. The van der Waals surface area contributed by atoms with Crippen molar-refractivity contribution in [3.8, 4) is 0 Å². The Hall–Kier alpha value is -1.61. The summed E-state index contributed by atoms with van der Waals surface area (Å²) in [7, 11) is 1.76. The highest BCUT2D eigenvalue weighted by atomic mass is 19.1. The fourth-order valence-electron chi connectivity index (χ4n) is 4.47. The Balaban J connectivity index is 1.93. The van der Waals surface area contributed by atoms with Crippen LogP contribution < -0.4 is 16.5 Å². The molecule has 1 aromatic rings. The van der Waals surface area contributed by atoms with Crippen LogP contribution >= 0.6 is 0 Å². The van der Waals surface area contributed by atoms with Crippen molar-refractivity contribution in [2.45, 2.75) is 65.2 Å². The van der Waals surface area contributed by atoms with Crippen molar-refractivity contribution >= 4 is 5.84 Å². The largest absolute Gasteiger partial charge is 0.330 e. The summed E-state index contributed by atoms with van der Waals surface area (Å²) in [6, 6.07) is 6.13. The number of amidine groups is 1. The summed E-state index contributed by atoms with van der Waals surface area (Å²) in [5.74, 6) is -0.0166. The third-order valence-corrected chi connectivity index (χ3v) is 6.38. The lowest BCUT2D eigenvalue weighted by Gasteiger charge is -2.37. The predicted octanol–water partition coefficient (Wildman–Crippen LogP) is 3.53. The Morgan fingerprint density at radius 3 is 2.61 bits per heavy atom. The van der Waals surface area contributed by atoms with Gasteiger partial charge in [-0.25, -0.2) is 14.2 Å². The lowest BCUT2D eigenvalue weighted by molar-refractivity contribution is 0.233. The molecule has 6 nitrogen and oxygen atoms in total. The van der Waals surface area contributed by atoms with Gasteiger partial charge in [-0.05, 0) is 49.0 Å². The molecule has 5 N–H and O–H groups in total. The van der Waals surface area contributed by atoms with Gasteiger partial charge in [0.25, 0.3) is 0 Å². The number of hydrazine groups is 1. The molecule has 0 spiro atoms. The molecule has 1 aromatic carbocycles. The zero-order valence-corrected chi connectivity index (χ0v) is 20.8. The second-order valence-electron chi connectivity index (χ2n) is 10.3. The molecule has 0 bridgehead atoms. The van der Waals surface area contributed by atoms with Crippen LogP contribution in [0.15, 0.2) is 24.3 Å². The Kier molecular flexibility index (Phi) is 11.2. The molecule has 0 aromatic heterocycles. The number of likely N-dealkylation sites (tertiary alicyclic amines) is 1. The molecule has 8 heteroatoms. The number of nitrogens with one attached hydrogen (secondary N) is 3. The normalized spacial score (nSPS) is 20.2. The minimum atomic E-state index is -0.857. The lowest BCUT2D eigenvalue weighted by Crippen LogP contribution is -2.56. The van der Waals surface area contributed by atoms with E-state index < -0.39 is 6.17 Å². The first-order chi connectivity index (χ1) is 15.7. The van der Waals surface area contributed by atoms with Crippen LogP contribution in [0, 0.1) is 22.6 Å². The summed E-state index contributed by atoms with van der Waals surface area (Å²) in [5, 5.41) is 14.1. The number of halogens is 2. The summed E-state index contributed by atoms with van der Waals surface area (Å²) in [6.07, 6.45) is 3.56. The maximum absolute atomic E-state index is 14.8. The summed E-state index contributed by atoms with van der Waals surface area (Å²) >= 11 is 0. The van der Waals surface area contributed by atoms with E-state index in [9.17, 15) is 8.78 Å². The molecule has 1 heterocycles. The van der Waals surface area contributed by atoms with Gasteiger partial charge in [0.15, 0.2) is 0 Å². The number of unbranched alkanes of at least 4 members (excludes halogenated alkanes) is 3. The van der Waals surface area contributed by atoms with E-state index in [2.05, 4.69) is 36.4 Å². The van der Waals surface area contributed by atoms with Gasteiger partial charge in [-0.1, -0.05) is 45.7 Å². The molecule has 1 aliphatic rings. The van der Waals surface area contributed by atoms with E-state index in [0.29, 0.717) is 25.5 Å². The number of hydrogen-bond donors (Lipinski definition) is 4. The first kappa shape index (κ1) is 27.6. The number of benzene rings is 1. The highest BCUT2D eigenvalue weighted by Crippen LogP contribution is 2.25. The smallest absolute Gasteiger partial charge is 0.129 e. The number of rotatable bonds is 13. The van der Waals surface area contributed by atoms with Gasteiger partial charge in [-0.3, -0.25) is 10.4 Å². The van der Waals surface area contributed by atoms with Gasteiger partial charge in [-0.2, -0.15) is 0 Å². The lowest BCUT2D eigenvalue weighted by atomic mass is 9.85. The second-order valence-corrected chi connectivity index (χ2v) is 10.3. The van der Waals surface area contributed by atoms with Crippen molar-refractivity contribution in [1.82, 2.24) is 20.7 Å². The quantitative estimate of drug-likeness (QED) is 0.155. The number of nitrogens with zero attached hydrogens (tertiary/aromatic N) is 2. The SMILES string of the molecule is CNN(Cc1cccc(F)c1)C(=N)C(NCC1CN(CCCCCCN)CC1F)C(C)(C)C. The molecule has 3 atom stereocenters. The van der Waals surface area contributed by atoms with Crippen molar-refractivity contribution in [2.75, 3.05) is 39.8 Å². The molecular formula is C25H44F2N6. The molecule has 188 valence electrons. The van der Waals surface area contributed by atoms with E-state index >= 15 is 0 Å². The third kappa shape index (κ3) is 8.92. The monoisotopic (exact) mass is 466 g/mol. The first-order valence-corrected chi connectivity index (χ1v) is 12.2. The highest BCUT2D eigenvalue weighted by molar-refractivity contribution is 5.85. The molecule has 33 heavy (non-hydrogen) atoms. The van der Waals surface area contributed by atoms with Crippen molar-refractivity contribution in [1.29, 1.82) is 5.41 Å². The molecule has 1 aliphatic heterocycles. The fourth-order valence-corrected chi connectivity index (χ4v) is 4.47. The molecular weight excluding hydrogens is 422 g/mol. The van der Waals surface area contributed by atoms with Crippen molar-refractivity contribution < 1.29 is 8.78 Å². The molecule has 3 unspecified atom stereocenters. The highest BCUT2D eigenvalue weighted by Gasteiger charge is 2.36. The Bertz CT molecular complexity index is 723. The van der Waals surface area contributed by atoms with E-state index in [1.165, 1.54) is 12.1 Å². The van der Waals surface area contributed by atoms with Crippen LogP contribution in [0.25, 0.3) is 0 Å². The van der Waals surface area contributed by atoms with Crippen LogP contribution in [-0.2, 0) is 6.54 Å². The number of alkyl halides is 1. The van der Waals surface area contributed by atoms with E-state index in [4.69, 9.17) is 11.1 Å². The molecule has 0 amide bonds. The third-order valence-electron chi connectivity index (χ3n) is 6.38. The molecule has 0 radical (unpaired) electrons. The summed E-state index contributed by atoms with van der Waals surface area (Å²) < 4.78 is 28.4. The van der Waals surface area contributed by atoms with Gasteiger partial charge >= 0.3 is 0 Å². The van der Waals surface area contributed by atoms with Gasteiger partial charge in [0.05, 0.1) is 12.6 Å². The maximum atomic E-state index is 14.8. The van der Waals surface area contributed by atoms with E-state index in [0.717, 1.165) is 50.9 Å². The Morgan fingerprint density at radius 1 is 1.24 bits per heavy atom. The van der Waals surface area contributed by atoms with Gasteiger partial charge in [0.1, 0.15) is 17.8 Å². The van der Waals surface area contributed by atoms with Crippen LogP contribution in [0.1, 0.15) is 52.0 Å². The standard InChI is InChI=1S/C25H44F2N6/c1-25(2,3)23(24(29)33(30-4)16-19-10-9-11-21(26)14-19)31-15-20-17-32(18-22(20)27)13-8-6-5-7-12-28/h9-11,14,20,22-23,29-31H,5-8,12-13,15-18,28H2,1-4H3. The topological polar surface area (TPSA) is 80.4 Å². The van der Waals surface area contributed by atoms with Crippen LogP contribution in [0.5, 0.6) is 0 Å². The Morgan fingerprint density at radius 2 is 1.97 bits per heavy atom. The van der Waals surface area contributed by atoms with Gasteiger partial charge in [0.2, 0.25) is 0 Å². The van der Waals surface area contributed by atoms with Crippen molar-refractivity contribution in [3.05, 3.63) is 35.6 Å². The molecule has 1 saturated heterocycles. The number of nitrogens with two attached hydrogens (primary N) is 1. The van der Waals surface area contributed by atoms with Gasteiger partial charge < -0.3 is 16.0 Å². The van der Waals surface area contributed by atoms with Crippen LogP contribution in [0.3, 0.4) is 0 Å². The van der Waals surface area contributed by atoms with Crippen LogP contribution in [0.2, 0.25) is 0 Å². The van der Waals surface area contributed by atoms with E-state index in [-0.39, 0.29) is 23.2 Å². The summed E-state index contributed by atoms with van der Waals surface area (Å²) in [4.78, 5) is 2.22. The maximum Gasteiger partial charge on any atom is 0.129 e. The summed E-state index contributed by atoms with van der Waals surface area (Å²) in [6.45, 7) is 10.0. The average molecular weight is 467 g/mol. The van der Waals surface area contributed by atoms with Crippen molar-refractivity contribution in [2.24, 2.45) is 17.1 Å². The minimum absolute atomic E-state index is 0.0852. The van der Waals surface area contributed by atoms with Crippen molar-refractivity contribution in [3.63, 3.8) is 0 Å². The average Bonchev–Trinajstić information content (AvgIpc) is 3.10. The Labute approximate surface area is 198 Å². The fraction of sp³-hybridized carbons (Fsp3) is 0.720. The summed E-state index contributed by atoms with van der Waals surface area (Å²) in [5.41, 5.74) is 9.14. The van der Waals surface area contributed by atoms with Gasteiger partial charge in [0, 0.05) is 32.6 Å². The van der Waals surface area contributed by atoms with Crippen LogP contribution in [0.4, 0.5) is 8.78 Å². The van der Waals surface area contributed by atoms with E-state index in [1.807, 2.05) is 6.07 Å². The molecule has 0 saturated carbocycles. The van der Waals surface area contributed by atoms with E-state index in [1.54, 1.807) is 18.1 Å². The molecule has 0 aliphatic carbocycles. The zero-order valence-electron chi connectivity index (χ0n) is 20.8. The van der Waals surface area contributed by atoms with Crippen LogP contribution in [-0.4, -0.2) is 67.7 Å². The van der Waals surface area contributed by atoms with Gasteiger partial charge in [-0.15, -0.1) is 0 Å². The number of hydrogen-bond acceptors (Lipinski definition) is 5.